The van der Waals surface area contributed by atoms with Gasteiger partial charge in [-0.2, -0.15) is 0 Å². The third kappa shape index (κ3) is 5.16. The summed E-state index contributed by atoms with van der Waals surface area (Å²) in [4.78, 5) is 31.2. The fourth-order valence-corrected chi connectivity index (χ4v) is 4.66. The highest BCUT2D eigenvalue weighted by Gasteiger charge is 2.46. The highest BCUT2D eigenvalue weighted by molar-refractivity contribution is 6.04. The van der Waals surface area contributed by atoms with Gasteiger partial charge in [-0.3, -0.25) is 9.69 Å². The number of hydrogen-bond acceptors (Lipinski definition) is 3. The molecule has 5 heteroatoms. The maximum Gasteiger partial charge on any atom is 0.327 e. The molecule has 0 bridgehead atoms. The molecule has 5 nitrogen and oxygen atoms in total. The Kier molecular flexibility index (Phi) is 7.03. The molecule has 2 heterocycles. The first kappa shape index (κ1) is 21.6. The van der Waals surface area contributed by atoms with E-state index in [4.69, 9.17) is 0 Å². The molecular weight excluding hydrogens is 386 g/mol. The van der Waals surface area contributed by atoms with Crippen LogP contribution in [0.2, 0.25) is 0 Å². The summed E-state index contributed by atoms with van der Waals surface area (Å²) in [6.07, 6.45) is 5.94. The first-order chi connectivity index (χ1) is 15.1. The molecule has 1 fully saturated rings. The molecule has 0 saturated carbocycles. The van der Waals surface area contributed by atoms with Crippen LogP contribution in [0, 0.1) is 0 Å². The fraction of sp³-hybridized carbons (Fsp3) is 0.462. The molecule has 0 aromatic heterocycles. The first-order valence-electron chi connectivity index (χ1n) is 11.5. The number of unbranched alkanes of at least 4 members (excludes halogenated alkanes) is 3. The van der Waals surface area contributed by atoms with Crippen molar-refractivity contribution in [3.05, 3.63) is 71.3 Å². The van der Waals surface area contributed by atoms with Gasteiger partial charge in [0, 0.05) is 26.1 Å². The second-order valence-corrected chi connectivity index (χ2v) is 8.84. The minimum absolute atomic E-state index is 0.0138. The summed E-state index contributed by atoms with van der Waals surface area (Å²) in [5.41, 5.74) is 3.75. The van der Waals surface area contributed by atoms with Gasteiger partial charge in [0.25, 0.3) is 5.91 Å². The lowest BCUT2D eigenvalue weighted by atomic mass is 9.95. The zero-order chi connectivity index (χ0) is 21.6. The summed E-state index contributed by atoms with van der Waals surface area (Å²) in [5, 5.41) is 0. The van der Waals surface area contributed by atoms with Crippen molar-refractivity contribution in [2.45, 2.75) is 51.1 Å². The first-order valence-corrected chi connectivity index (χ1v) is 11.5. The molecule has 31 heavy (non-hydrogen) atoms. The third-order valence-corrected chi connectivity index (χ3v) is 6.57. The molecule has 2 aromatic carbocycles. The molecule has 3 amide bonds. The summed E-state index contributed by atoms with van der Waals surface area (Å²) in [6, 6.07) is 18.3. The Morgan fingerprint density at radius 3 is 2.39 bits per heavy atom. The van der Waals surface area contributed by atoms with E-state index in [-0.39, 0.29) is 18.0 Å². The van der Waals surface area contributed by atoms with Crippen molar-refractivity contribution in [2.24, 2.45) is 0 Å². The van der Waals surface area contributed by atoms with Gasteiger partial charge in [0.15, 0.2) is 0 Å². The number of amides is 3. The van der Waals surface area contributed by atoms with Crippen LogP contribution < -0.4 is 0 Å². The minimum atomic E-state index is -0.305. The number of imide groups is 1. The van der Waals surface area contributed by atoms with Gasteiger partial charge in [0.2, 0.25) is 0 Å². The molecule has 164 valence electrons. The van der Waals surface area contributed by atoms with Crippen LogP contribution in [0.4, 0.5) is 4.79 Å². The van der Waals surface area contributed by atoms with Crippen LogP contribution in [0.5, 0.6) is 0 Å². The number of rotatable bonds is 10. The van der Waals surface area contributed by atoms with Crippen molar-refractivity contribution in [3.63, 3.8) is 0 Å². The summed E-state index contributed by atoms with van der Waals surface area (Å²) < 4.78 is 0. The van der Waals surface area contributed by atoms with Gasteiger partial charge >= 0.3 is 6.03 Å². The van der Waals surface area contributed by atoms with Gasteiger partial charge < -0.3 is 9.80 Å². The van der Waals surface area contributed by atoms with Crippen molar-refractivity contribution < 1.29 is 9.59 Å². The summed E-state index contributed by atoms with van der Waals surface area (Å²) >= 11 is 0. The van der Waals surface area contributed by atoms with Crippen molar-refractivity contribution >= 4 is 11.9 Å². The van der Waals surface area contributed by atoms with Crippen molar-refractivity contribution in [1.82, 2.24) is 14.7 Å². The monoisotopic (exact) mass is 419 g/mol. The van der Waals surface area contributed by atoms with Crippen molar-refractivity contribution in [1.29, 1.82) is 0 Å². The van der Waals surface area contributed by atoms with Gasteiger partial charge in [-0.15, -0.1) is 0 Å². The van der Waals surface area contributed by atoms with Gasteiger partial charge in [0.05, 0.1) is 0 Å². The van der Waals surface area contributed by atoms with Gasteiger partial charge in [0.1, 0.15) is 6.04 Å². The lowest BCUT2D eigenvalue weighted by molar-refractivity contribution is -0.128. The predicted molar refractivity (Wildman–Crippen MR) is 123 cm³/mol. The van der Waals surface area contributed by atoms with E-state index in [1.807, 2.05) is 12.1 Å². The Hall–Kier alpha value is -2.66. The average molecular weight is 420 g/mol. The molecule has 1 saturated heterocycles. The van der Waals surface area contributed by atoms with E-state index in [0.29, 0.717) is 19.5 Å². The molecule has 2 aliphatic heterocycles. The Bertz CT molecular complexity index is 856. The van der Waals surface area contributed by atoms with E-state index < -0.39 is 0 Å². The topological polar surface area (TPSA) is 43.9 Å². The second-order valence-electron chi connectivity index (χ2n) is 8.84. The standard InChI is InChI=1S/C26H33N3O2/c1-27(18-15-21-11-5-4-6-12-21)16-9-2-3-10-17-28-25(30)24-19-22-13-7-8-14-23(22)20-29(24)26(28)31/h4-8,11-14,24H,2-3,9-10,15-20H2,1H3/t24-/m0/s1. The third-order valence-electron chi connectivity index (χ3n) is 6.57. The molecule has 2 aromatic rings. The number of nitrogens with zero attached hydrogens (tertiary/aromatic N) is 3. The zero-order valence-corrected chi connectivity index (χ0v) is 18.5. The molecule has 0 spiro atoms. The summed E-state index contributed by atoms with van der Waals surface area (Å²) in [7, 11) is 2.18. The fourth-order valence-electron chi connectivity index (χ4n) is 4.66. The van der Waals surface area contributed by atoms with Crippen LogP contribution in [0.25, 0.3) is 0 Å². The van der Waals surface area contributed by atoms with E-state index in [1.54, 1.807) is 4.90 Å². The van der Waals surface area contributed by atoms with E-state index in [0.717, 1.165) is 50.8 Å². The molecule has 0 N–H and O–H groups in total. The number of benzene rings is 2. The highest BCUT2D eigenvalue weighted by Crippen LogP contribution is 2.30. The van der Waals surface area contributed by atoms with Crippen molar-refractivity contribution in [3.8, 4) is 0 Å². The SMILES string of the molecule is CN(CCCCCCN1C(=O)[C@@H]2Cc3ccccc3CN2C1=O)CCc1ccccc1. The quantitative estimate of drug-likeness (QED) is 0.430. The Labute approximate surface area is 185 Å². The summed E-state index contributed by atoms with van der Waals surface area (Å²) in [5.74, 6) is -0.0138. The predicted octanol–water partition coefficient (Wildman–Crippen LogP) is 4.11. The maximum atomic E-state index is 12.8. The highest BCUT2D eigenvalue weighted by atomic mass is 16.2. The number of carbonyl (C=O) groups excluding carboxylic acids is 2. The van der Waals surface area contributed by atoms with Crippen molar-refractivity contribution in [2.75, 3.05) is 26.7 Å². The number of fused-ring (bicyclic) bond motifs is 2. The largest absolute Gasteiger partial charge is 0.327 e. The normalized spacial score (nSPS) is 17.9. The number of urea groups is 1. The number of carbonyl (C=O) groups is 2. The molecule has 4 rings (SSSR count). The Morgan fingerprint density at radius 2 is 1.58 bits per heavy atom. The maximum absolute atomic E-state index is 12.8. The van der Waals surface area contributed by atoms with Crippen LogP contribution in [-0.4, -0.2) is 59.4 Å². The molecular formula is C26H33N3O2. The summed E-state index contributed by atoms with van der Waals surface area (Å²) in [6.45, 7) is 3.25. The Morgan fingerprint density at radius 1 is 0.871 bits per heavy atom. The molecule has 2 aliphatic rings. The van der Waals surface area contributed by atoms with Gasteiger partial charge in [-0.1, -0.05) is 67.4 Å². The van der Waals surface area contributed by atoms with Crippen LogP contribution in [-0.2, 0) is 24.2 Å². The van der Waals surface area contributed by atoms with Crippen LogP contribution in [0.15, 0.2) is 54.6 Å². The second kappa shape index (κ2) is 10.1. The lowest BCUT2D eigenvalue weighted by Crippen LogP contribution is -2.39. The number of hydrogen-bond donors (Lipinski definition) is 0. The molecule has 0 radical (unpaired) electrons. The van der Waals surface area contributed by atoms with Crippen LogP contribution >= 0.6 is 0 Å². The van der Waals surface area contributed by atoms with E-state index in [9.17, 15) is 9.59 Å². The average Bonchev–Trinajstić information content (AvgIpc) is 3.03. The van der Waals surface area contributed by atoms with Crippen LogP contribution in [0.1, 0.15) is 42.4 Å². The molecule has 0 aliphatic carbocycles. The Balaban J connectivity index is 1.14. The van der Waals surface area contributed by atoms with E-state index >= 15 is 0 Å². The minimum Gasteiger partial charge on any atom is -0.308 e. The number of likely N-dealkylation sites (N-methyl/N-ethyl adjacent to an activating group) is 1. The van der Waals surface area contributed by atoms with E-state index in [2.05, 4.69) is 54.4 Å². The molecule has 1 atom stereocenters. The zero-order valence-electron chi connectivity index (χ0n) is 18.5. The van der Waals surface area contributed by atoms with Crippen LogP contribution in [0.3, 0.4) is 0 Å². The molecule has 0 unspecified atom stereocenters. The lowest BCUT2D eigenvalue weighted by Gasteiger charge is -2.28. The smallest absolute Gasteiger partial charge is 0.308 e. The van der Waals surface area contributed by atoms with Gasteiger partial charge in [-0.25, -0.2) is 4.79 Å². The van der Waals surface area contributed by atoms with Gasteiger partial charge in [-0.05, 0) is 49.5 Å². The van der Waals surface area contributed by atoms with E-state index in [1.165, 1.54) is 16.0 Å².